The molecule has 0 saturated carbocycles. The number of anilines is 2. The van der Waals surface area contributed by atoms with Crippen molar-refractivity contribution in [2.75, 3.05) is 10.2 Å². The summed E-state index contributed by atoms with van der Waals surface area (Å²) in [7, 11) is 0. The van der Waals surface area contributed by atoms with Gasteiger partial charge in [-0.15, -0.1) is 13.2 Å². The Kier molecular flexibility index (Phi) is 6.97. The number of nitrogens with one attached hydrogen (secondary N) is 1. The minimum atomic E-state index is -5.04. The molecule has 2 amide bonds. The number of carbonyl (C=O) groups excluding carboxylic acids is 2. The molecule has 1 unspecified atom stereocenters. The SMILES string of the molecule is CC1Oc2nc(NC(=O)CC(C)(C)C)c(Cl)cc2N(Cc2ccc(OC(F)(F)F)c(F)c2)C1=O. The predicted octanol–water partition coefficient (Wildman–Crippen LogP) is 5.46. The van der Waals surface area contributed by atoms with Crippen LogP contribution in [0.15, 0.2) is 24.3 Å². The number of alkyl halides is 3. The standard InChI is InChI=1S/C22H22ClF4N3O4/c1-11-20(32)30(10-12-5-6-16(14(24)7-12)34-22(25,26)27)15-8-13(23)18(29-19(15)33-11)28-17(31)9-21(2,3)4/h5-8,11H,9-10H2,1-4H3,(H,28,29,31). The molecule has 1 aliphatic rings. The van der Waals surface area contributed by atoms with E-state index in [9.17, 15) is 27.2 Å². The number of carbonyl (C=O) groups is 2. The van der Waals surface area contributed by atoms with Gasteiger partial charge in [-0.25, -0.2) is 4.39 Å². The molecule has 3 rings (SSSR count). The predicted molar refractivity (Wildman–Crippen MR) is 116 cm³/mol. The third-order valence-electron chi connectivity index (χ3n) is 4.63. The quantitative estimate of drug-likeness (QED) is 0.548. The molecule has 1 aromatic heterocycles. The Bertz CT molecular complexity index is 1120. The minimum absolute atomic E-state index is 0.0139. The maximum Gasteiger partial charge on any atom is 0.573 e. The molecule has 0 fully saturated rings. The van der Waals surface area contributed by atoms with Gasteiger partial charge in [0, 0.05) is 6.42 Å². The van der Waals surface area contributed by atoms with E-state index in [2.05, 4.69) is 15.0 Å². The lowest BCUT2D eigenvalue weighted by atomic mass is 9.92. The fourth-order valence-electron chi connectivity index (χ4n) is 3.24. The summed E-state index contributed by atoms with van der Waals surface area (Å²) in [6.45, 7) is 6.97. The summed E-state index contributed by atoms with van der Waals surface area (Å²) in [6, 6.07) is 4.24. The van der Waals surface area contributed by atoms with E-state index in [0.717, 1.165) is 12.1 Å². The van der Waals surface area contributed by atoms with E-state index in [1.54, 1.807) is 0 Å². The Labute approximate surface area is 198 Å². The molecule has 0 saturated heterocycles. The van der Waals surface area contributed by atoms with E-state index in [-0.39, 0.29) is 52.3 Å². The summed E-state index contributed by atoms with van der Waals surface area (Å²) in [5, 5.41) is 2.66. The van der Waals surface area contributed by atoms with Crippen molar-refractivity contribution in [2.45, 2.75) is 53.1 Å². The Morgan fingerprint density at radius 1 is 1.26 bits per heavy atom. The van der Waals surface area contributed by atoms with Gasteiger partial charge in [0.25, 0.3) is 5.91 Å². The molecule has 1 aromatic carbocycles. The van der Waals surface area contributed by atoms with Crippen LogP contribution in [0.25, 0.3) is 0 Å². The smallest absolute Gasteiger partial charge is 0.463 e. The Hall–Kier alpha value is -3.08. The Balaban J connectivity index is 1.88. The molecule has 1 N–H and O–H groups in total. The van der Waals surface area contributed by atoms with Crippen LogP contribution in [0.1, 0.15) is 39.7 Å². The van der Waals surface area contributed by atoms with Gasteiger partial charge in [0.05, 0.1) is 11.6 Å². The van der Waals surface area contributed by atoms with E-state index in [0.29, 0.717) is 0 Å². The molecular formula is C22H22ClF4N3O4. The zero-order chi connectivity index (χ0) is 25.4. The number of aromatic nitrogens is 1. The second-order valence-corrected chi connectivity index (χ2v) is 9.33. The molecule has 2 heterocycles. The van der Waals surface area contributed by atoms with Crippen molar-refractivity contribution in [1.82, 2.24) is 4.98 Å². The van der Waals surface area contributed by atoms with Crippen molar-refractivity contribution < 1.29 is 36.6 Å². The second-order valence-electron chi connectivity index (χ2n) is 8.93. The molecule has 0 radical (unpaired) electrons. The minimum Gasteiger partial charge on any atom is -0.463 e. The summed E-state index contributed by atoms with van der Waals surface area (Å²) in [4.78, 5) is 30.5. The van der Waals surface area contributed by atoms with E-state index in [4.69, 9.17) is 16.3 Å². The van der Waals surface area contributed by atoms with Gasteiger partial charge in [-0.05, 0) is 36.1 Å². The maximum absolute atomic E-state index is 14.1. The van der Waals surface area contributed by atoms with Crippen LogP contribution in [0.5, 0.6) is 11.6 Å². The van der Waals surface area contributed by atoms with Gasteiger partial charge in [-0.2, -0.15) is 4.98 Å². The fraction of sp³-hybridized carbons (Fsp3) is 0.409. The number of ether oxygens (including phenoxy) is 2. The van der Waals surface area contributed by atoms with Gasteiger partial charge in [-0.1, -0.05) is 38.4 Å². The Morgan fingerprint density at radius 3 is 2.53 bits per heavy atom. The summed E-state index contributed by atoms with van der Waals surface area (Å²) >= 11 is 6.28. The lowest BCUT2D eigenvalue weighted by Crippen LogP contribution is -2.44. The van der Waals surface area contributed by atoms with Crippen LogP contribution in [-0.2, 0) is 16.1 Å². The van der Waals surface area contributed by atoms with E-state index >= 15 is 0 Å². The second kappa shape index (κ2) is 9.28. The first-order valence-electron chi connectivity index (χ1n) is 10.2. The van der Waals surface area contributed by atoms with Gasteiger partial charge in [0.2, 0.25) is 11.8 Å². The van der Waals surface area contributed by atoms with Gasteiger partial charge in [-0.3, -0.25) is 14.5 Å². The van der Waals surface area contributed by atoms with Crippen LogP contribution >= 0.6 is 11.6 Å². The zero-order valence-corrected chi connectivity index (χ0v) is 19.5. The van der Waals surface area contributed by atoms with Crippen LogP contribution in [0.3, 0.4) is 0 Å². The molecule has 34 heavy (non-hydrogen) atoms. The molecule has 184 valence electrons. The van der Waals surface area contributed by atoms with Crippen LogP contribution in [0, 0.1) is 11.2 Å². The highest BCUT2D eigenvalue weighted by molar-refractivity contribution is 6.33. The number of nitrogens with zero attached hydrogens (tertiary/aromatic N) is 2. The maximum atomic E-state index is 14.1. The van der Waals surface area contributed by atoms with Gasteiger partial charge in [0.15, 0.2) is 23.5 Å². The van der Waals surface area contributed by atoms with Crippen molar-refractivity contribution in [3.63, 3.8) is 0 Å². The summed E-state index contributed by atoms with van der Waals surface area (Å²) in [6.07, 6.45) is -5.79. The number of fused-ring (bicyclic) bond motifs is 1. The number of hydrogen-bond donors (Lipinski definition) is 1. The van der Waals surface area contributed by atoms with Crippen LogP contribution in [-0.4, -0.2) is 29.3 Å². The monoisotopic (exact) mass is 503 g/mol. The van der Waals surface area contributed by atoms with Gasteiger partial charge < -0.3 is 14.8 Å². The highest BCUT2D eigenvalue weighted by atomic mass is 35.5. The molecular weight excluding hydrogens is 482 g/mol. The van der Waals surface area contributed by atoms with Crippen LogP contribution in [0.2, 0.25) is 5.02 Å². The lowest BCUT2D eigenvalue weighted by molar-refractivity contribution is -0.275. The number of halogens is 5. The number of rotatable bonds is 5. The number of pyridine rings is 1. The Morgan fingerprint density at radius 2 is 1.94 bits per heavy atom. The number of benzene rings is 1. The lowest BCUT2D eigenvalue weighted by Gasteiger charge is -2.32. The van der Waals surface area contributed by atoms with E-state index in [1.165, 1.54) is 24.0 Å². The molecule has 2 aromatic rings. The fourth-order valence-corrected chi connectivity index (χ4v) is 3.43. The molecule has 1 aliphatic heterocycles. The largest absolute Gasteiger partial charge is 0.573 e. The van der Waals surface area contributed by atoms with Crippen molar-refractivity contribution in [2.24, 2.45) is 5.41 Å². The molecule has 0 spiro atoms. The molecule has 0 aliphatic carbocycles. The topological polar surface area (TPSA) is 80.8 Å². The summed E-state index contributed by atoms with van der Waals surface area (Å²) < 4.78 is 60.5. The van der Waals surface area contributed by atoms with Crippen molar-refractivity contribution in [3.05, 3.63) is 40.7 Å². The zero-order valence-electron chi connectivity index (χ0n) is 18.7. The molecule has 1 atom stereocenters. The van der Waals surface area contributed by atoms with Crippen molar-refractivity contribution >= 4 is 34.9 Å². The van der Waals surface area contributed by atoms with E-state index < -0.39 is 29.9 Å². The van der Waals surface area contributed by atoms with Crippen molar-refractivity contribution in [1.29, 1.82) is 0 Å². The molecule has 7 nitrogen and oxygen atoms in total. The summed E-state index contributed by atoms with van der Waals surface area (Å²) in [5.74, 6) is -2.97. The third kappa shape index (κ3) is 6.28. The third-order valence-corrected chi connectivity index (χ3v) is 4.91. The first-order chi connectivity index (χ1) is 15.6. The van der Waals surface area contributed by atoms with Crippen LogP contribution in [0.4, 0.5) is 29.1 Å². The highest BCUT2D eigenvalue weighted by Gasteiger charge is 2.35. The van der Waals surface area contributed by atoms with Gasteiger partial charge in [0.1, 0.15) is 5.69 Å². The van der Waals surface area contributed by atoms with Crippen molar-refractivity contribution in [3.8, 4) is 11.6 Å². The van der Waals surface area contributed by atoms with Gasteiger partial charge >= 0.3 is 6.36 Å². The first kappa shape index (κ1) is 25.5. The molecule has 0 bridgehead atoms. The first-order valence-corrected chi connectivity index (χ1v) is 10.5. The number of hydrogen-bond acceptors (Lipinski definition) is 5. The molecule has 12 heteroatoms. The average Bonchev–Trinajstić information content (AvgIpc) is 2.66. The average molecular weight is 504 g/mol. The normalized spacial score (nSPS) is 16.1. The summed E-state index contributed by atoms with van der Waals surface area (Å²) in [5.41, 5.74) is 0.0895. The highest BCUT2D eigenvalue weighted by Crippen LogP contribution is 2.39. The number of amides is 2. The van der Waals surface area contributed by atoms with Crippen LogP contribution < -0.4 is 19.7 Å². The van der Waals surface area contributed by atoms with E-state index in [1.807, 2.05) is 20.8 Å².